The highest BCUT2D eigenvalue weighted by Crippen LogP contribution is 2.56. The summed E-state index contributed by atoms with van der Waals surface area (Å²) < 4.78 is 16.9. The minimum atomic E-state index is -2.72. The maximum atomic E-state index is 13.8. The van der Waals surface area contributed by atoms with E-state index in [0.29, 0.717) is 24.3 Å². The number of ether oxygens (including phenoxy) is 3. The molecule has 57 heavy (non-hydrogen) atoms. The van der Waals surface area contributed by atoms with Crippen molar-refractivity contribution in [3.63, 3.8) is 0 Å². The van der Waals surface area contributed by atoms with E-state index in [-0.39, 0.29) is 11.3 Å². The fourth-order valence-corrected chi connectivity index (χ4v) is 6.69. The van der Waals surface area contributed by atoms with Crippen molar-refractivity contribution in [1.82, 2.24) is 0 Å². The molecule has 4 aromatic rings. The number of rotatable bonds is 7. The lowest BCUT2D eigenvalue weighted by molar-refractivity contribution is -0.187. The van der Waals surface area contributed by atoms with Crippen LogP contribution in [0.15, 0.2) is 36.4 Å². The van der Waals surface area contributed by atoms with E-state index in [9.17, 15) is 91.0 Å². The molecule has 0 spiro atoms. The van der Waals surface area contributed by atoms with Crippen molar-refractivity contribution in [2.75, 3.05) is 0 Å². The molecule has 2 aliphatic rings. The van der Waals surface area contributed by atoms with Crippen LogP contribution in [0.5, 0.6) is 69.0 Å². The van der Waals surface area contributed by atoms with E-state index in [1.54, 1.807) is 0 Å². The number of aliphatic hydroxyl groups excluding tert-OH is 2. The third kappa shape index (κ3) is 6.85. The molecule has 1 aliphatic carbocycles. The summed E-state index contributed by atoms with van der Waals surface area (Å²) in [6.07, 6.45) is -12.0. The van der Waals surface area contributed by atoms with Crippen LogP contribution in [0.25, 0.3) is 11.1 Å². The van der Waals surface area contributed by atoms with Gasteiger partial charge in [-0.2, -0.15) is 0 Å². The molecule has 0 radical (unpaired) electrons. The van der Waals surface area contributed by atoms with Gasteiger partial charge in [0.05, 0.1) is 17.2 Å². The molecule has 1 aliphatic heterocycles. The van der Waals surface area contributed by atoms with E-state index in [1.165, 1.54) is 0 Å². The van der Waals surface area contributed by atoms with Gasteiger partial charge in [0.2, 0.25) is 11.5 Å². The van der Waals surface area contributed by atoms with Gasteiger partial charge in [-0.3, -0.25) is 0 Å². The van der Waals surface area contributed by atoms with Crippen LogP contribution >= 0.6 is 0 Å². The second kappa shape index (κ2) is 14.1. The normalized spacial score (nSPS) is 22.8. The van der Waals surface area contributed by atoms with Gasteiger partial charge in [-0.15, -0.1) is 0 Å². The molecule has 0 aromatic heterocycles. The van der Waals surface area contributed by atoms with Crippen molar-refractivity contribution >= 4 is 17.9 Å². The second-order valence-electron chi connectivity index (χ2n) is 13.3. The summed E-state index contributed by atoms with van der Waals surface area (Å²) in [4.78, 5) is 39.0. The predicted molar refractivity (Wildman–Crippen MR) is 182 cm³/mol. The molecule has 0 amide bonds. The van der Waals surface area contributed by atoms with Crippen LogP contribution in [0.3, 0.4) is 0 Å². The highest BCUT2D eigenvalue weighted by Gasteiger charge is 2.51. The van der Waals surface area contributed by atoms with Gasteiger partial charge in [0.15, 0.2) is 52.0 Å². The Hall–Kier alpha value is -7.23. The van der Waals surface area contributed by atoms with Crippen LogP contribution in [-0.4, -0.2) is 125 Å². The Morgan fingerprint density at radius 3 is 1.81 bits per heavy atom. The molecular formula is C36H32O21. The largest absolute Gasteiger partial charge is 0.508 e. The van der Waals surface area contributed by atoms with Crippen molar-refractivity contribution in [2.45, 2.75) is 55.4 Å². The van der Waals surface area contributed by atoms with E-state index in [0.717, 1.165) is 12.1 Å². The van der Waals surface area contributed by atoms with Gasteiger partial charge in [0, 0.05) is 53.6 Å². The Morgan fingerprint density at radius 1 is 0.632 bits per heavy atom. The van der Waals surface area contributed by atoms with Gasteiger partial charge in [0.25, 0.3) is 0 Å². The molecule has 6 unspecified atom stereocenters. The fourth-order valence-electron chi connectivity index (χ4n) is 6.69. The second-order valence-corrected chi connectivity index (χ2v) is 13.3. The summed E-state index contributed by atoms with van der Waals surface area (Å²) in [7, 11) is 0. The fraction of sp³-hybridized carbons (Fsp3) is 0.250. The quantitative estimate of drug-likeness (QED) is 0.0910. The number of carboxylic acid groups (broad SMARTS) is 1. The number of carbonyl (C=O) groups is 3. The molecule has 302 valence electrons. The first-order chi connectivity index (χ1) is 26.6. The number of aliphatic carboxylic acids is 1. The maximum Gasteiger partial charge on any atom is 0.339 e. The summed E-state index contributed by atoms with van der Waals surface area (Å²) >= 11 is 0. The molecule has 1 fully saturated rings. The number of hydrogen-bond acceptors (Lipinski definition) is 20. The lowest BCUT2D eigenvalue weighted by Gasteiger charge is -2.39. The zero-order chi connectivity index (χ0) is 42.0. The molecule has 6 rings (SSSR count). The van der Waals surface area contributed by atoms with Gasteiger partial charge in [-0.05, 0) is 24.3 Å². The number of hydrogen-bond donors (Lipinski definition) is 15. The van der Waals surface area contributed by atoms with Crippen molar-refractivity contribution < 1.29 is 105 Å². The van der Waals surface area contributed by atoms with Crippen molar-refractivity contribution in [1.29, 1.82) is 0 Å². The maximum absolute atomic E-state index is 13.8. The highest BCUT2D eigenvalue weighted by molar-refractivity contribution is 6.03. The van der Waals surface area contributed by atoms with Gasteiger partial charge >= 0.3 is 17.9 Å². The zero-order valence-corrected chi connectivity index (χ0v) is 28.6. The Labute approximate surface area is 317 Å². The highest BCUT2D eigenvalue weighted by atomic mass is 16.6. The molecule has 0 bridgehead atoms. The SMILES string of the molecule is O=C(OC1Cc2c(O)cc(O)cc2OC1c1cc(O)c(O)c(O)c1-c1c(C(=O)OC2CC(O)(C(=O)O)CC(O)C2O)cc(O)c(O)c1O)c1cc(O)c(O)c(O)c1. The van der Waals surface area contributed by atoms with E-state index >= 15 is 0 Å². The molecule has 1 saturated carbocycles. The summed E-state index contributed by atoms with van der Waals surface area (Å²) in [5.41, 5.74) is -6.97. The summed E-state index contributed by atoms with van der Waals surface area (Å²) in [5.74, 6) is -17.0. The smallest absolute Gasteiger partial charge is 0.339 e. The van der Waals surface area contributed by atoms with Crippen molar-refractivity contribution in [3.8, 4) is 80.1 Å². The summed E-state index contributed by atoms with van der Waals surface area (Å²) in [6, 6.07) is 4.44. The third-order valence-corrected chi connectivity index (χ3v) is 9.56. The van der Waals surface area contributed by atoms with Gasteiger partial charge in [-0.1, -0.05) is 0 Å². The van der Waals surface area contributed by atoms with Gasteiger partial charge in [0.1, 0.15) is 35.6 Å². The third-order valence-electron chi connectivity index (χ3n) is 9.56. The average molecular weight is 801 g/mol. The number of phenols is 11. The van der Waals surface area contributed by atoms with Crippen LogP contribution in [0.4, 0.5) is 0 Å². The molecule has 21 nitrogen and oxygen atoms in total. The van der Waals surface area contributed by atoms with E-state index < -0.39 is 164 Å². The predicted octanol–water partition coefficient (Wildman–Crippen LogP) is 0.874. The standard InChI is InChI=1S/C36H32O21/c37-11-3-15(38)12-7-22(56-33(50)10-1-16(39)26(44)17(40)2-10)32(55-21(12)4-11)13-5-18(41)28(46)30(48)24(13)25-14(6-19(42)29(47)31(25)49)34(51)57-23-9-36(54,35(52)53)8-20(43)27(23)45/h1-6,20,22-23,27,32,37-49,54H,7-9H2,(H,52,53). The Kier molecular flexibility index (Phi) is 9.78. The molecule has 0 saturated heterocycles. The summed E-state index contributed by atoms with van der Waals surface area (Å²) in [5, 5.41) is 157. The minimum Gasteiger partial charge on any atom is -0.508 e. The first-order valence-electron chi connectivity index (χ1n) is 16.4. The number of fused-ring (bicyclic) bond motifs is 1. The van der Waals surface area contributed by atoms with Crippen LogP contribution in [0.2, 0.25) is 0 Å². The Balaban J connectivity index is 1.54. The van der Waals surface area contributed by atoms with E-state index in [4.69, 9.17) is 14.2 Å². The first kappa shape index (κ1) is 39.5. The number of carboxylic acids is 1. The monoisotopic (exact) mass is 800 g/mol. The number of aromatic hydroxyl groups is 11. The number of phenolic OH excluding ortho intramolecular Hbond substituents is 11. The lowest BCUT2D eigenvalue weighted by atomic mass is 9.79. The molecule has 6 atom stereocenters. The molecule has 21 heteroatoms. The average Bonchev–Trinajstić information content (AvgIpc) is 3.13. The van der Waals surface area contributed by atoms with E-state index in [1.807, 2.05) is 0 Å². The molecule has 1 heterocycles. The van der Waals surface area contributed by atoms with Crippen molar-refractivity contribution in [3.05, 3.63) is 58.7 Å². The van der Waals surface area contributed by atoms with Crippen LogP contribution in [0.1, 0.15) is 50.8 Å². The number of esters is 2. The van der Waals surface area contributed by atoms with Gasteiger partial charge < -0.3 is 90.8 Å². The lowest BCUT2D eigenvalue weighted by Crippen LogP contribution is -2.57. The molecule has 4 aromatic carbocycles. The Bertz CT molecular complexity index is 2310. The van der Waals surface area contributed by atoms with Crippen LogP contribution in [0, 0.1) is 0 Å². The Morgan fingerprint density at radius 2 is 1.19 bits per heavy atom. The van der Waals surface area contributed by atoms with Crippen LogP contribution < -0.4 is 4.74 Å². The zero-order valence-electron chi connectivity index (χ0n) is 28.6. The number of aliphatic hydroxyl groups is 3. The molecular weight excluding hydrogens is 768 g/mol. The topological polar surface area (TPSA) is 382 Å². The number of carbonyl (C=O) groups excluding carboxylic acids is 2. The number of benzene rings is 4. The van der Waals surface area contributed by atoms with Crippen molar-refractivity contribution in [2.24, 2.45) is 0 Å². The van der Waals surface area contributed by atoms with E-state index in [2.05, 4.69) is 0 Å². The minimum absolute atomic E-state index is 0.101. The first-order valence-corrected chi connectivity index (χ1v) is 16.4. The molecule has 15 N–H and O–H groups in total. The van der Waals surface area contributed by atoms with Crippen LogP contribution in [-0.2, 0) is 20.7 Å². The summed E-state index contributed by atoms with van der Waals surface area (Å²) in [6.45, 7) is 0. The van der Waals surface area contributed by atoms with Gasteiger partial charge in [-0.25, -0.2) is 14.4 Å².